The molecule has 0 aliphatic heterocycles. The van der Waals surface area contributed by atoms with E-state index in [1.54, 1.807) is 17.4 Å². The number of aromatic nitrogens is 1. The summed E-state index contributed by atoms with van der Waals surface area (Å²) in [6.07, 6.45) is 0. The topological polar surface area (TPSA) is 45.1 Å². The number of phenolic OH excluding ortho intramolecular Hbond substituents is 1. The van der Waals surface area contributed by atoms with Gasteiger partial charge in [-0.3, -0.25) is 0 Å². The highest BCUT2D eigenvalue weighted by Crippen LogP contribution is 2.36. The zero-order chi connectivity index (χ0) is 16.4. The lowest BCUT2D eigenvalue weighted by molar-refractivity contribution is 0.477. The van der Waals surface area contributed by atoms with Gasteiger partial charge in [-0.2, -0.15) is 0 Å². The van der Waals surface area contributed by atoms with E-state index in [1.807, 2.05) is 54.6 Å². The second kappa shape index (κ2) is 6.34. The van der Waals surface area contributed by atoms with Crippen LogP contribution in [0.5, 0.6) is 5.75 Å². The van der Waals surface area contributed by atoms with Gasteiger partial charge >= 0.3 is 0 Å². The van der Waals surface area contributed by atoms with Gasteiger partial charge in [0.1, 0.15) is 10.8 Å². The quantitative estimate of drug-likeness (QED) is 0.500. The predicted octanol–water partition coefficient (Wildman–Crippen LogP) is 5.28. The van der Waals surface area contributed by atoms with Crippen molar-refractivity contribution >= 4 is 27.2 Å². The molecule has 4 heteroatoms. The Bertz CT molecular complexity index is 946. The van der Waals surface area contributed by atoms with E-state index in [-0.39, 0.29) is 5.75 Å². The first-order chi connectivity index (χ1) is 11.8. The molecule has 0 aliphatic rings. The van der Waals surface area contributed by atoms with Gasteiger partial charge in [0.05, 0.1) is 15.8 Å². The van der Waals surface area contributed by atoms with Gasteiger partial charge in [-0.05, 0) is 35.9 Å². The molecule has 0 aliphatic carbocycles. The number of thiazole rings is 1. The number of hydrogen-bond donors (Lipinski definition) is 2. The minimum atomic E-state index is 0.249. The van der Waals surface area contributed by atoms with Crippen LogP contribution in [0, 0.1) is 0 Å². The van der Waals surface area contributed by atoms with Crippen molar-refractivity contribution in [1.29, 1.82) is 0 Å². The molecule has 4 rings (SSSR count). The van der Waals surface area contributed by atoms with Crippen LogP contribution in [-0.2, 0) is 6.54 Å². The molecule has 0 spiro atoms. The number of rotatable bonds is 4. The molecular formula is C20H16N2OS. The van der Waals surface area contributed by atoms with Gasteiger partial charge in [0.15, 0.2) is 0 Å². The molecule has 3 nitrogen and oxygen atoms in total. The molecule has 0 saturated heterocycles. The number of benzene rings is 3. The first kappa shape index (κ1) is 14.7. The molecular weight excluding hydrogens is 316 g/mol. The van der Waals surface area contributed by atoms with Gasteiger partial charge in [-0.1, -0.05) is 42.5 Å². The number of anilines is 1. The molecule has 0 fully saturated rings. The Morgan fingerprint density at radius 2 is 1.71 bits per heavy atom. The summed E-state index contributed by atoms with van der Waals surface area (Å²) in [6.45, 7) is 0.741. The van der Waals surface area contributed by atoms with Crippen LogP contribution in [0.2, 0.25) is 0 Å². The lowest BCUT2D eigenvalue weighted by Gasteiger charge is -2.09. The zero-order valence-electron chi connectivity index (χ0n) is 12.9. The highest BCUT2D eigenvalue weighted by Gasteiger charge is 2.11. The van der Waals surface area contributed by atoms with Crippen LogP contribution < -0.4 is 5.32 Å². The van der Waals surface area contributed by atoms with E-state index in [1.165, 1.54) is 5.56 Å². The summed E-state index contributed by atoms with van der Waals surface area (Å²) in [6, 6.07) is 23.8. The number of fused-ring (bicyclic) bond motifs is 1. The monoisotopic (exact) mass is 332 g/mol. The van der Waals surface area contributed by atoms with Crippen LogP contribution in [0.25, 0.3) is 20.8 Å². The van der Waals surface area contributed by atoms with E-state index < -0.39 is 0 Å². The van der Waals surface area contributed by atoms with Gasteiger partial charge in [0, 0.05) is 12.2 Å². The van der Waals surface area contributed by atoms with E-state index in [0.717, 1.165) is 33.0 Å². The van der Waals surface area contributed by atoms with E-state index >= 15 is 0 Å². The van der Waals surface area contributed by atoms with Crippen molar-refractivity contribution in [2.45, 2.75) is 6.54 Å². The average molecular weight is 332 g/mol. The van der Waals surface area contributed by atoms with Crippen molar-refractivity contribution in [1.82, 2.24) is 4.98 Å². The van der Waals surface area contributed by atoms with Crippen LogP contribution in [0.15, 0.2) is 72.8 Å². The molecule has 118 valence electrons. The molecule has 1 heterocycles. The van der Waals surface area contributed by atoms with Crippen molar-refractivity contribution in [3.63, 3.8) is 0 Å². The first-order valence-corrected chi connectivity index (χ1v) is 8.58. The van der Waals surface area contributed by atoms with Gasteiger partial charge in [0.25, 0.3) is 0 Å². The largest absolute Gasteiger partial charge is 0.507 e. The standard InChI is InChI=1S/C20H16N2OS/c23-18-11-10-15(21-13-14-6-2-1-3-7-14)12-16(18)20-22-17-8-4-5-9-19(17)24-20/h1-12,21,23H,13H2. The van der Waals surface area contributed by atoms with Crippen LogP contribution in [0.4, 0.5) is 5.69 Å². The molecule has 0 unspecified atom stereocenters. The van der Waals surface area contributed by atoms with Gasteiger partial charge in [-0.15, -0.1) is 11.3 Å². The lowest BCUT2D eigenvalue weighted by atomic mass is 10.1. The number of nitrogens with zero attached hydrogens (tertiary/aromatic N) is 1. The Hall–Kier alpha value is -2.85. The van der Waals surface area contributed by atoms with Crippen LogP contribution in [0.1, 0.15) is 5.56 Å². The molecule has 0 saturated carbocycles. The Morgan fingerprint density at radius 3 is 2.54 bits per heavy atom. The Kier molecular flexibility index (Phi) is 3.89. The lowest BCUT2D eigenvalue weighted by Crippen LogP contribution is -1.99. The summed E-state index contributed by atoms with van der Waals surface area (Å²) in [7, 11) is 0. The third kappa shape index (κ3) is 2.96. The van der Waals surface area contributed by atoms with E-state index in [0.29, 0.717) is 0 Å². The van der Waals surface area contributed by atoms with Crippen molar-refractivity contribution < 1.29 is 5.11 Å². The highest BCUT2D eigenvalue weighted by molar-refractivity contribution is 7.21. The molecule has 0 radical (unpaired) electrons. The highest BCUT2D eigenvalue weighted by atomic mass is 32.1. The van der Waals surface area contributed by atoms with Crippen molar-refractivity contribution in [3.05, 3.63) is 78.4 Å². The zero-order valence-corrected chi connectivity index (χ0v) is 13.8. The van der Waals surface area contributed by atoms with Crippen molar-refractivity contribution in [2.75, 3.05) is 5.32 Å². The summed E-state index contributed by atoms with van der Waals surface area (Å²) < 4.78 is 1.12. The Morgan fingerprint density at radius 1 is 0.917 bits per heavy atom. The molecule has 0 atom stereocenters. The number of hydrogen-bond acceptors (Lipinski definition) is 4. The Balaban J connectivity index is 1.63. The summed E-state index contributed by atoms with van der Waals surface area (Å²) in [4.78, 5) is 4.63. The average Bonchev–Trinajstić information content (AvgIpc) is 3.06. The van der Waals surface area contributed by atoms with Gasteiger partial charge in [0.2, 0.25) is 0 Å². The molecule has 3 aromatic carbocycles. The molecule has 0 amide bonds. The normalized spacial score (nSPS) is 10.8. The van der Waals surface area contributed by atoms with E-state index in [9.17, 15) is 5.11 Å². The maximum atomic E-state index is 10.2. The smallest absolute Gasteiger partial charge is 0.128 e. The predicted molar refractivity (Wildman–Crippen MR) is 100 cm³/mol. The third-order valence-corrected chi connectivity index (χ3v) is 4.93. The number of aromatic hydroxyl groups is 1. The maximum absolute atomic E-state index is 10.2. The number of phenols is 1. The molecule has 2 N–H and O–H groups in total. The van der Waals surface area contributed by atoms with Crippen LogP contribution in [-0.4, -0.2) is 10.1 Å². The molecule has 4 aromatic rings. The fourth-order valence-corrected chi connectivity index (χ4v) is 3.60. The fourth-order valence-electron chi connectivity index (χ4n) is 2.60. The maximum Gasteiger partial charge on any atom is 0.128 e. The van der Waals surface area contributed by atoms with Gasteiger partial charge < -0.3 is 10.4 Å². The summed E-state index contributed by atoms with van der Waals surface area (Å²) in [5.74, 6) is 0.249. The number of para-hydroxylation sites is 1. The summed E-state index contributed by atoms with van der Waals surface area (Å²) >= 11 is 1.59. The van der Waals surface area contributed by atoms with E-state index in [4.69, 9.17) is 0 Å². The van der Waals surface area contributed by atoms with Crippen molar-refractivity contribution in [3.8, 4) is 16.3 Å². The fraction of sp³-hybridized carbons (Fsp3) is 0.0500. The molecule has 24 heavy (non-hydrogen) atoms. The third-order valence-electron chi connectivity index (χ3n) is 3.86. The van der Waals surface area contributed by atoms with Gasteiger partial charge in [-0.25, -0.2) is 4.98 Å². The first-order valence-electron chi connectivity index (χ1n) is 7.76. The van der Waals surface area contributed by atoms with E-state index in [2.05, 4.69) is 22.4 Å². The minimum absolute atomic E-state index is 0.249. The second-order valence-electron chi connectivity index (χ2n) is 5.56. The summed E-state index contributed by atoms with van der Waals surface area (Å²) in [5.41, 5.74) is 3.90. The minimum Gasteiger partial charge on any atom is -0.507 e. The van der Waals surface area contributed by atoms with Crippen molar-refractivity contribution in [2.24, 2.45) is 0 Å². The Labute approximate surface area is 144 Å². The number of nitrogens with one attached hydrogen (secondary N) is 1. The molecule has 0 bridgehead atoms. The van der Waals surface area contributed by atoms with Crippen LogP contribution >= 0.6 is 11.3 Å². The van der Waals surface area contributed by atoms with Crippen LogP contribution in [0.3, 0.4) is 0 Å². The SMILES string of the molecule is Oc1ccc(NCc2ccccc2)cc1-c1nc2ccccc2s1. The second-order valence-corrected chi connectivity index (χ2v) is 6.59. The molecule has 1 aromatic heterocycles. The summed E-state index contributed by atoms with van der Waals surface area (Å²) in [5, 5.41) is 14.5.